The van der Waals surface area contributed by atoms with E-state index in [2.05, 4.69) is 0 Å². The van der Waals surface area contributed by atoms with Gasteiger partial charge in [0.2, 0.25) is 0 Å². The van der Waals surface area contributed by atoms with E-state index in [9.17, 15) is 0 Å². The third kappa shape index (κ3) is 2.47. The summed E-state index contributed by atoms with van der Waals surface area (Å²) in [6, 6.07) is 0. The van der Waals surface area contributed by atoms with Crippen molar-refractivity contribution in [3.63, 3.8) is 0 Å². The highest BCUT2D eigenvalue weighted by molar-refractivity contribution is 4.88. The first-order valence-corrected chi connectivity index (χ1v) is 5.72. The molecule has 0 aromatic rings. The highest BCUT2D eigenvalue weighted by atomic mass is 16.7. The maximum atomic E-state index is 5.87. The lowest BCUT2D eigenvalue weighted by Crippen LogP contribution is -2.43. The van der Waals surface area contributed by atoms with Crippen LogP contribution < -0.4 is 5.73 Å². The van der Waals surface area contributed by atoms with Gasteiger partial charge in [0.15, 0.2) is 6.29 Å². The molecule has 1 aliphatic carbocycles. The molecular formula is C11H23NO2. The van der Waals surface area contributed by atoms with E-state index in [-0.39, 0.29) is 11.7 Å². The molecule has 3 nitrogen and oxygen atoms in total. The van der Waals surface area contributed by atoms with Crippen LogP contribution in [0.15, 0.2) is 0 Å². The summed E-state index contributed by atoms with van der Waals surface area (Å²) in [5.41, 5.74) is 5.96. The van der Waals surface area contributed by atoms with Crippen molar-refractivity contribution in [2.24, 2.45) is 11.1 Å². The van der Waals surface area contributed by atoms with E-state index in [1.165, 1.54) is 12.8 Å². The highest BCUT2D eigenvalue weighted by Gasteiger charge is 2.41. The lowest BCUT2D eigenvalue weighted by Gasteiger charge is -2.35. The fourth-order valence-corrected chi connectivity index (χ4v) is 2.32. The maximum Gasteiger partial charge on any atom is 0.164 e. The number of rotatable bonds is 6. The molecule has 0 amide bonds. The van der Waals surface area contributed by atoms with Crippen molar-refractivity contribution < 1.29 is 9.47 Å². The summed E-state index contributed by atoms with van der Waals surface area (Å²) in [5.74, 6) is 0. The summed E-state index contributed by atoms with van der Waals surface area (Å²) in [6.45, 7) is 6.09. The van der Waals surface area contributed by atoms with Crippen molar-refractivity contribution in [3.05, 3.63) is 0 Å². The highest BCUT2D eigenvalue weighted by Crippen LogP contribution is 2.41. The molecular weight excluding hydrogens is 178 g/mol. The first kappa shape index (κ1) is 12.0. The smallest absolute Gasteiger partial charge is 0.164 e. The van der Waals surface area contributed by atoms with E-state index in [1.807, 2.05) is 13.8 Å². The van der Waals surface area contributed by atoms with Crippen molar-refractivity contribution in [1.29, 1.82) is 0 Å². The van der Waals surface area contributed by atoms with Gasteiger partial charge in [0, 0.05) is 25.2 Å². The third-order valence-electron chi connectivity index (χ3n) is 3.14. The van der Waals surface area contributed by atoms with Gasteiger partial charge in [-0.05, 0) is 26.7 Å². The van der Waals surface area contributed by atoms with Crippen LogP contribution in [0.2, 0.25) is 0 Å². The van der Waals surface area contributed by atoms with Gasteiger partial charge in [-0.3, -0.25) is 0 Å². The average molecular weight is 201 g/mol. The number of hydrogen-bond acceptors (Lipinski definition) is 3. The fraction of sp³-hybridized carbons (Fsp3) is 1.00. The van der Waals surface area contributed by atoms with Crippen LogP contribution in [0, 0.1) is 5.41 Å². The van der Waals surface area contributed by atoms with Crippen molar-refractivity contribution >= 4 is 0 Å². The molecule has 0 aromatic heterocycles. The molecule has 0 heterocycles. The molecule has 1 aliphatic rings. The Morgan fingerprint density at radius 2 is 1.64 bits per heavy atom. The number of nitrogens with two attached hydrogens (primary N) is 1. The Labute approximate surface area is 86.9 Å². The second-order valence-corrected chi connectivity index (χ2v) is 4.02. The molecule has 0 radical (unpaired) electrons. The van der Waals surface area contributed by atoms with E-state index < -0.39 is 0 Å². The van der Waals surface area contributed by atoms with Crippen molar-refractivity contribution in [3.8, 4) is 0 Å². The lowest BCUT2D eigenvalue weighted by molar-refractivity contribution is -0.199. The van der Waals surface area contributed by atoms with Crippen molar-refractivity contribution in [2.75, 3.05) is 19.8 Å². The molecule has 0 atom stereocenters. The molecule has 0 aliphatic heterocycles. The first-order chi connectivity index (χ1) is 6.79. The molecule has 1 saturated carbocycles. The van der Waals surface area contributed by atoms with Crippen LogP contribution in [0.4, 0.5) is 0 Å². The minimum absolute atomic E-state index is 0.0893. The Bertz CT molecular complexity index is 149. The number of ether oxygens (including phenoxy) is 2. The SMILES string of the molecule is CCOC(OCC)C1(CN)CCCC1. The van der Waals surface area contributed by atoms with Crippen LogP contribution in [0.25, 0.3) is 0 Å². The minimum Gasteiger partial charge on any atom is -0.352 e. The van der Waals surface area contributed by atoms with Gasteiger partial charge in [-0.25, -0.2) is 0 Å². The fourth-order valence-electron chi connectivity index (χ4n) is 2.32. The van der Waals surface area contributed by atoms with Crippen LogP contribution in [0.3, 0.4) is 0 Å². The Balaban J connectivity index is 2.61. The van der Waals surface area contributed by atoms with Gasteiger partial charge in [-0.1, -0.05) is 12.8 Å². The van der Waals surface area contributed by atoms with Crippen molar-refractivity contribution in [1.82, 2.24) is 0 Å². The molecule has 0 unspecified atom stereocenters. The zero-order chi connectivity index (χ0) is 10.4. The molecule has 2 N–H and O–H groups in total. The normalized spacial score (nSPS) is 20.6. The summed E-state index contributed by atoms with van der Waals surface area (Å²) >= 11 is 0. The van der Waals surface area contributed by atoms with E-state index >= 15 is 0 Å². The lowest BCUT2D eigenvalue weighted by atomic mass is 9.85. The molecule has 0 bridgehead atoms. The molecule has 1 rings (SSSR count). The van der Waals surface area contributed by atoms with Crippen LogP contribution >= 0.6 is 0 Å². The van der Waals surface area contributed by atoms with Gasteiger partial charge >= 0.3 is 0 Å². The summed E-state index contributed by atoms with van der Waals surface area (Å²) in [4.78, 5) is 0. The quantitative estimate of drug-likeness (QED) is 0.668. The Morgan fingerprint density at radius 1 is 1.14 bits per heavy atom. The van der Waals surface area contributed by atoms with Crippen LogP contribution in [0.1, 0.15) is 39.5 Å². The summed E-state index contributed by atoms with van der Waals surface area (Å²) in [7, 11) is 0. The molecule has 0 spiro atoms. The van der Waals surface area contributed by atoms with Gasteiger partial charge in [0.1, 0.15) is 0 Å². The monoisotopic (exact) mass is 201 g/mol. The van der Waals surface area contributed by atoms with Crippen LogP contribution in [-0.4, -0.2) is 26.0 Å². The zero-order valence-corrected chi connectivity index (χ0v) is 9.42. The average Bonchev–Trinajstić information content (AvgIpc) is 2.67. The third-order valence-corrected chi connectivity index (χ3v) is 3.14. The van der Waals surface area contributed by atoms with Gasteiger partial charge in [-0.15, -0.1) is 0 Å². The van der Waals surface area contributed by atoms with Gasteiger partial charge in [-0.2, -0.15) is 0 Å². The topological polar surface area (TPSA) is 44.5 Å². The Kier molecular flexibility index (Phi) is 4.85. The van der Waals surface area contributed by atoms with E-state index in [4.69, 9.17) is 15.2 Å². The second kappa shape index (κ2) is 5.69. The van der Waals surface area contributed by atoms with E-state index in [0.717, 1.165) is 12.8 Å². The number of hydrogen-bond donors (Lipinski definition) is 1. The summed E-state index contributed by atoms with van der Waals surface area (Å²) in [6.07, 6.45) is 4.72. The zero-order valence-electron chi connectivity index (χ0n) is 9.42. The Hall–Kier alpha value is -0.120. The molecule has 14 heavy (non-hydrogen) atoms. The molecule has 0 saturated heterocycles. The largest absolute Gasteiger partial charge is 0.352 e. The van der Waals surface area contributed by atoms with Gasteiger partial charge in [0.05, 0.1) is 0 Å². The second-order valence-electron chi connectivity index (χ2n) is 4.02. The van der Waals surface area contributed by atoms with Crippen molar-refractivity contribution in [2.45, 2.75) is 45.8 Å². The Morgan fingerprint density at radius 3 is 2.00 bits per heavy atom. The maximum absolute atomic E-state index is 5.87. The molecule has 84 valence electrons. The van der Waals surface area contributed by atoms with E-state index in [1.54, 1.807) is 0 Å². The molecule has 1 fully saturated rings. The van der Waals surface area contributed by atoms with E-state index in [0.29, 0.717) is 19.8 Å². The predicted octanol–water partition coefficient (Wildman–Crippen LogP) is 1.90. The molecule has 0 aromatic carbocycles. The minimum atomic E-state index is -0.0926. The van der Waals surface area contributed by atoms with Gasteiger partial charge < -0.3 is 15.2 Å². The van der Waals surface area contributed by atoms with Gasteiger partial charge in [0.25, 0.3) is 0 Å². The van der Waals surface area contributed by atoms with Crippen LogP contribution in [0.5, 0.6) is 0 Å². The summed E-state index contributed by atoms with van der Waals surface area (Å²) in [5, 5.41) is 0. The standard InChI is InChI=1S/C11H23NO2/c1-3-13-10(14-4-2)11(9-12)7-5-6-8-11/h10H,3-9,12H2,1-2H3. The van der Waals surface area contributed by atoms with Crippen LogP contribution in [-0.2, 0) is 9.47 Å². The first-order valence-electron chi connectivity index (χ1n) is 5.72. The predicted molar refractivity (Wildman–Crippen MR) is 57.0 cm³/mol. The molecule has 3 heteroatoms. The summed E-state index contributed by atoms with van der Waals surface area (Å²) < 4.78 is 11.3.